The van der Waals surface area contributed by atoms with E-state index in [2.05, 4.69) is 20.5 Å². The van der Waals surface area contributed by atoms with Gasteiger partial charge >= 0.3 is 0 Å². The van der Waals surface area contributed by atoms with Gasteiger partial charge in [0.25, 0.3) is 11.5 Å². The zero-order valence-corrected chi connectivity index (χ0v) is 10.6. The smallest absolute Gasteiger partial charge is 0.276 e. The normalized spacial score (nSPS) is 10.5. The second kappa shape index (κ2) is 5.12. The van der Waals surface area contributed by atoms with E-state index in [-0.39, 0.29) is 11.3 Å². The molecule has 3 aromatic rings. The maximum atomic E-state index is 12.7. The third-order valence-corrected chi connectivity index (χ3v) is 2.90. The van der Waals surface area contributed by atoms with Crippen LogP contribution >= 0.6 is 0 Å². The molecule has 6 nitrogen and oxygen atoms in total. The molecule has 2 N–H and O–H groups in total. The van der Waals surface area contributed by atoms with Gasteiger partial charge in [-0.1, -0.05) is 18.2 Å². The van der Waals surface area contributed by atoms with E-state index in [0.717, 1.165) is 6.07 Å². The van der Waals surface area contributed by atoms with Gasteiger partial charge in [0, 0.05) is 5.39 Å². The number of pyridine rings is 1. The molecule has 0 unspecified atom stereocenters. The maximum absolute atomic E-state index is 12.7. The zero-order valence-electron chi connectivity index (χ0n) is 10.6. The molecule has 2 heterocycles. The minimum absolute atomic E-state index is 0.0783. The molecule has 0 saturated heterocycles. The Kier molecular flexibility index (Phi) is 3.15. The van der Waals surface area contributed by atoms with E-state index >= 15 is 0 Å². The molecule has 7 heteroatoms. The second-order valence-corrected chi connectivity index (χ2v) is 4.27. The fourth-order valence-electron chi connectivity index (χ4n) is 1.93. The summed E-state index contributed by atoms with van der Waals surface area (Å²) in [5.74, 6) is -1.16. The van der Waals surface area contributed by atoms with E-state index in [1.165, 1.54) is 12.3 Å². The molecule has 0 aliphatic carbocycles. The van der Waals surface area contributed by atoms with Crippen molar-refractivity contribution in [2.45, 2.75) is 0 Å². The highest BCUT2D eigenvalue weighted by molar-refractivity contribution is 6.10. The number of carbonyl (C=O) groups is 1. The van der Waals surface area contributed by atoms with Crippen molar-refractivity contribution in [3.63, 3.8) is 0 Å². The van der Waals surface area contributed by atoms with Gasteiger partial charge in [-0.25, -0.2) is 10.1 Å². The Labute approximate surface area is 117 Å². The van der Waals surface area contributed by atoms with Gasteiger partial charge < -0.3 is 5.32 Å². The molecule has 21 heavy (non-hydrogen) atoms. The average Bonchev–Trinajstić information content (AvgIpc) is 2.50. The summed E-state index contributed by atoms with van der Waals surface area (Å²) in [5, 5.41) is 9.41. The molecule has 0 saturated carbocycles. The van der Waals surface area contributed by atoms with Gasteiger partial charge in [-0.05, 0) is 18.2 Å². The number of nitrogens with zero attached hydrogens (tertiary/aromatic N) is 2. The Morgan fingerprint density at radius 1 is 1.14 bits per heavy atom. The van der Waals surface area contributed by atoms with Crippen LogP contribution in [0.3, 0.4) is 0 Å². The van der Waals surface area contributed by atoms with Crippen LogP contribution in [0.25, 0.3) is 10.8 Å². The molecule has 0 aliphatic heterocycles. The van der Waals surface area contributed by atoms with E-state index in [0.29, 0.717) is 16.5 Å². The quantitative estimate of drug-likeness (QED) is 0.701. The van der Waals surface area contributed by atoms with Gasteiger partial charge in [-0.3, -0.25) is 9.59 Å². The van der Waals surface area contributed by atoms with Crippen LogP contribution in [-0.2, 0) is 0 Å². The summed E-state index contributed by atoms with van der Waals surface area (Å²) in [6, 6.07) is 9.16. The number of nitrogens with one attached hydrogen (secondary N) is 2. The molecule has 1 amide bonds. The first-order valence-corrected chi connectivity index (χ1v) is 6.05. The fourth-order valence-corrected chi connectivity index (χ4v) is 1.93. The highest BCUT2D eigenvalue weighted by Crippen LogP contribution is 2.14. The van der Waals surface area contributed by atoms with Crippen molar-refractivity contribution in [3.8, 4) is 0 Å². The number of fused-ring (bicyclic) bond motifs is 1. The van der Waals surface area contributed by atoms with Crippen molar-refractivity contribution < 1.29 is 9.18 Å². The number of halogens is 1. The van der Waals surface area contributed by atoms with Gasteiger partial charge in [0.1, 0.15) is 0 Å². The summed E-state index contributed by atoms with van der Waals surface area (Å²) >= 11 is 0. The minimum Gasteiger partial charge on any atom is -0.319 e. The van der Waals surface area contributed by atoms with Gasteiger partial charge in [0.15, 0.2) is 5.69 Å². The average molecular weight is 284 g/mol. The molecule has 2 aromatic heterocycles. The van der Waals surface area contributed by atoms with Crippen molar-refractivity contribution in [2.75, 3.05) is 5.32 Å². The molecule has 0 fully saturated rings. The predicted octanol–water partition coefficient (Wildman–Crippen LogP) is 1.71. The minimum atomic E-state index is -0.638. The number of amides is 1. The van der Waals surface area contributed by atoms with E-state index < -0.39 is 11.9 Å². The standard InChI is InChI=1S/C14H9FN4O2/c15-11-6-5-8(7-16-11)17-14(21)12-9-3-1-2-4-10(9)13(20)19-18-12/h1-7H,(H,17,21)(H,19,20). The lowest BCUT2D eigenvalue weighted by Crippen LogP contribution is -2.19. The molecule has 0 bridgehead atoms. The number of carbonyl (C=O) groups excluding carboxylic acids is 1. The first-order valence-electron chi connectivity index (χ1n) is 6.05. The summed E-state index contributed by atoms with van der Waals surface area (Å²) < 4.78 is 12.7. The number of benzene rings is 1. The number of hydrogen-bond acceptors (Lipinski definition) is 4. The maximum Gasteiger partial charge on any atom is 0.276 e. The van der Waals surface area contributed by atoms with Crippen LogP contribution in [0.1, 0.15) is 10.5 Å². The van der Waals surface area contributed by atoms with E-state index in [9.17, 15) is 14.0 Å². The van der Waals surface area contributed by atoms with Gasteiger partial charge in [0.2, 0.25) is 5.95 Å². The highest BCUT2D eigenvalue weighted by atomic mass is 19.1. The van der Waals surface area contributed by atoms with Crippen LogP contribution in [0, 0.1) is 5.95 Å². The van der Waals surface area contributed by atoms with Gasteiger partial charge in [-0.2, -0.15) is 9.49 Å². The van der Waals surface area contributed by atoms with Crippen molar-refractivity contribution in [1.82, 2.24) is 15.2 Å². The summed E-state index contributed by atoms with van der Waals surface area (Å²) in [6.45, 7) is 0. The van der Waals surface area contributed by atoms with Crippen LogP contribution in [0.15, 0.2) is 47.4 Å². The summed E-state index contributed by atoms with van der Waals surface area (Å²) in [7, 11) is 0. The molecule has 3 rings (SSSR count). The Bertz CT molecular complexity index is 874. The van der Waals surface area contributed by atoms with Crippen LogP contribution in [0.4, 0.5) is 10.1 Å². The first-order chi connectivity index (χ1) is 10.1. The lowest BCUT2D eigenvalue weighted by Gasteiger charge is -2.06. The van der Waals surface area contributed by atoms with E-state index in [1.54, 1.807) is 24.3 Å². The van der Waals surface area contributed by atoms with Crippen LogP contribution in [-0.4, -0.2) is 21.1 Å². The van der Waals surface area contributed by atoms with Crippen molar-refractivity contribution in [3.05, 3.63) is 64.6 Å². The monoisotopic (exact) mass is 284 g/mol. The second-order valence-electron chi connectivity index (χ2n) is 4.27. The summed E-state index contributed by atoms with van der Waals surface area (Å²) in [6.07, 6.45) is 1.20. The number of aromatic amines is 1. The van der Waals surface area contributed by atoms with Crippen molar-refractivity contribution in [2.24, 2.45) is 0 Å². The number of rotatable bonds is 2. The Morgan fingerprint density at radius 3 is 2.62 bits per heavy atom. The lowest BCUT2D eigenvalue weighted by molar-refractivity contribution is 0.102. The fraction of sp³-hybridized carbons (Fsp3) is 0. The van der Waals surface area contributed by atoms with E-state index in [1.807, 2.05) is 0 Å². The summed E-state index contributed by atoms with van der Waals surface area (Å²) in [4.78, 5) is 27.3. The number of H-pyrrole nitrogens is 1. The van der Waals surface area contributed by atoms with E-state index in [4.69, 9.17) is 0 Å². The lowest BCUT2D eigenvalue weighted by atomic mass is 10.1. The largest absolute Gasteiger partial charge is 0.319 e. The summed E-state index contributed by atoms with van der Waals surface area (Å²) in [5.41, 5.74) is 0.0404. The Balaban J connectivity index is 2.00. The van der Waals surface area contributed by atoms with Crippen LogP contribution in [0.2, 0.25) is 0 Å². The Morgan fingerprint density at radius 2 is 1.90 bits per heavy atom. The highest BCUT2D eigenvalue weighted by Gasteiger charge is 2.14. The zero-order chi connectivity index (χ0) is 14.8. The van der Waals surface area contributed by atoms with Crippen molar-refractivity contribution in [1.29, 1.82) is 0 Å². The van der Waals surface area contributed by atoms with Crippen molar-refractivity contribution >= 4 is 22.4 Å². The number of anilines is 1. The third-order valence-electron chi connectivity index (χ3n) is 2.90. The number of hydrogen-bond donors (Lipinski definition) is 2. The molecular formula is C14H9FN4O2. The molecular weight excluding hydrogens is 275 g/mol. The molecule has 0 radical (unpaired) electrons. The first kappa shape index (κ1) is 12.9. The van der Waals surface area contributed by atoms with Crippen LogP contribution in [0.5, 0.6) is 0 Å². The number of aromatic nitrogens is 3. The molecule has 104 valence electrons. The molecule has 0 aliphatic rings. The SMILES string of the molecule is O=C(Nc1ccc(F)nc1)c1n[nH]c(=O)c2ccccc12. The van der Waals surface area contributed by atoms with Gasteiger partial charge in [-0.15, -0.1) is 0 Å². The van der Waals surface area contributed by atoms with Gasteiger partial charge in [0.05, 0.1) is 17.3 Å². The molecule has 1 aromatic carbocycles. The molecule has 0 spiro atoms. The topological polar surface area (TPSA) is 87.7 Å². The predicted molar refractivity (Wildman–Crippen MR) is 74.5 cm³/mol. The van der Waals surface area contributed by atoms with Crippen LogP contribution < -0.4 is 10.9 Å². The third kappa shape index (κ3) is 2.48. The molecule has 0 atom stereocenters. The Hall–Kier alpha value is -3.09.